The molecule has 0 aliphatic carbocycles. The monoisotopic (exact) mass is 244 g/mol. The Morgan fingerprint density at radius 3 is 2.78 bits per heavy atom. The summed E-state index contributed by atoms with van der Waals surface area (Å²) in [6.45, 7) is 3.87. The lowest BCUT2D eigenvalue weighted by atomic mass is 10.1. The number of nitrogens with zero attached hydrogens (tertiary/aromatic N) is 1. The average molecular weight is 244 g/mol. The fourth-order valence-corrected chi connectivity index (χ4v) is 1.64. The van der Waals surface area contributed by atoms with Crippen LogP contribution < -0.4 is 5.32 Å². The molecular formula is C14H13FN2O. The van der Waals surface area contributed by atoms with Crippen molar-refractivity contribution in [2.45, 2.75) is 13.8 Å². The summed E-state index contributed by atoms with van der Waals surface area (Å²) in [5, 5.41) is 2.70. The van der Waals surface area contributed by atoms with Crippen molar-refractivity contribution in [3.63, 3.8) is 0 Å². The highest BCUT2D eigenvalue weighted by molar-refractivity contribution is 6.04. The van der Waals surface area contributed by atoms with Crippen LogP contribution in [0.15, 0.2) is 36.7 Å². The molecule has 0 aliphatic rings. The Balaban J connectivity index is 2.27. The number of anilines is 1. The van der Waals surface area contributed by atoms with E-state index < -0.39 is 11.7 Å². The molecule has 2 aromatic rings. The maximum Gasteiger partial charge on any atom is 0.258 e. The number of benzene rings is 1. The van der Waals surface area contributed by atoms with Gasteiger partial charge in [0.05, 0.1) is 11.8 Å². The van der Waals surface area contributed by atoms with E-state index in [9.17, 15) is 9.18 Å². The van der Waals surface area contributed by atoms with E-state index in [1.807, 2.05) is 26.0 Å². The molecule has 1 heterocycles. The van der Waals surface area contributed by atoms with Crippen molar-refractivity contribution < 1.29 is 9.18 Å². The second-order valence-corrected chi connectivity index (χ2v) is 4.06. The van der Waals surface area contributed by atoms with Gasteiger partial charge in [-0.2, -0.15) is 0 Å². The van der Waals surface area contributed by atoms with Crippen molar-refractivity contribution >= 4 is 11.6 Å². The Labute approximate surface area is 105 Å². The molecule has 1 aromatic heterocycles. The number of hydrogen-bond acceptors (Lipinski definition) is 2. The van der Waals surface area contributed by atoms with E-state index in [-0.39, 0.29) is 5.56 Å². The lowest BCUT2D eigenvalue weighted by Crippen LogP contribution is -2.14. The number of hydrogen-bond donors (Lipinski definition) is 1. The zero-order chi connectivity index (χ0) is 13.1. The molecular weight excluding hydrogens is 231 g/mol. The number of rotatable bonds is 2. The second kappa shape index (κ2) is 4.96. The van der Waals surface area contributed by atoms with Gasteiger partial charge in [-0.3, -0.25) is 9.78 Å². The fourth-order valence-electron chi connectivity index (χ4n) is 1.64. The Hall–Kier alpha value is -2.23. The Morgan fingerprint density at radius 1 is 1.28 bits per heavy atom. The highest BCUT2D eigenvalue weighted by Gasteiger charge is 2.12. The van der Waals surface area contributed by atoms with Crippen LogP contribution in [0.4, 0.5) is 10.1 Å². The minimum Gasteiger partial charge on any atom is -0.322 e. The van der Waals surface area contributed by atoms with Crippen LogP contribution in [0, 0.1) is 19.7 Å². The van der Waals surface area contributed by atoms with E-state index >= 15 is 0 Å². The van der Waals surface area contributed by atoms with Gasteiger partial charge in [-0.1, -0.05) is 12.1 Å². The SMILES string of the molecule is Cc1cccc(NC(=O)c2ccncc2F)c1C. The predicted octanol–water partition coefficient (Wildman–Crippen LogP) is 3.09. The maximum absolute atomic E-state index is 13.4. The molecule has 0 saturated heterocycles. The number of amides is 1. The molecule has 0 saturated carbocycles. The molecule has 1 amide bonds. The van der Waals surface area contributed by atoms with E-state index in [2.05, 4.69) is 10.3 Å². The van der Waals surface area contributed by atoms with Crippen LogP contribution in [0.5, 0.6) is 0 Å². The normalized spacial score (nSPS) is 10.2. The zero-order valence-corrected chi connectivity index (χ0v) is 10.2. The molecule has 2 rings (SSSR count). The van der Waals surface area contributed by atoms with Crippen molar-refractivity contribution in [2.24, 2.45) is 0 Å². The molecule has 18 heavy (non-hydrogen) atoms. The van der Waals surface area contributed by atoms with Crippen LogP contribution >= 0.6 is 0 Å². The standard InChI is InChI=1S/C14H13FN2O/c1-9-4-3-5-13(10(9)2)17-14(18)11-6-7-16-8-12(11)15/h3-8H,1-2H3,(H,17,18). The van der Waals surface area contributed by atoms with Gasteiger partial charge in [-0.15, -0.1) is 0 Å². The largest absolute Gasteiger partial charge is 0.322 e. The zero-order valence-electron chi connectivity index (χ0n) is 10.2. The summed E-state index contributed by atoms with van der Waals surface area (Å²) in [4.78, 5) is 15.5. The molecule has 3 nitrogen and oxygen atoms in total. The summed E-state index contributed by atoms with van der Waals surface area (Å²) in [5.41, 5.74) is 2.73. The van der Waals surface area contributed by atoms with Crippen molar-refractivity contribution in [3.8, 4) is 0 Å². The van der Waals surface area contributed by atoms with Gasteiger partial charge >= 0.3 is 0 Å². The molecule has 1 N–H and O–H groups in total. The third-order valence-corrected chi connectivity index (χ3v) is 2.87. The van der Waals surface area contributed by atoms with Gasteiger partial charge in [-0.05, 0) is 37.1 Å². The Bertz CT molecular complexity index is 596. The number of carbonyl (C=O) groups is 1. The number of carbonyl (C=O) groups excluding carboxylic acids is 1. The van der Waals surface area contributed by atoms with Crippen molar-refractivity contribution in [1.82, 2.24) is 4.98 Å². The molecule has 1 aromatic carbocycles. The molecule has 4 heteroatoms. The molecule has 0 bridgehead atoms. The van der Waals surface area contributed by atoms with Gasteiger partial charge < -0.3 is 5.32 Å². The number of pyridine rings is 1. The van der Waals surface area contributed by atoms with E-state index in [1.165, 1.54) is 12.3 Å². The summed E-state index contributed by atoms with van der Waals surface area (Å²) in [6, 6.07) is 6.95. The summed E-state index contributed by atoms with van der Waals surface area (Å²) in [5.74, 6) is -1.09. The van der Waals surface area contributed by atoms with Gasteiger partial charge in [0.15, 0.2) is 5.82 Å². The third kappa shape index (κ3) is 2.37. The third-order valence-electron chi connectivity index (χ3n) is 2.87. The molecule has 0 unspecified atom stereocenters. The Kier molecular flexibility index (Phi) is 3.37. The topological polar surface area (TPSA) is 42.0 Å². The lowest BCUT2D eigenvalue weighted by molar-refractivity contribution is 0.102. The number of nitrogens with one attached hydrogen (secondary N) is 1. The second-order valence-electron chi connectivity index (χ2n) is 4.06. The minimum atomic E-state index is -0.625. The van der Waals surface area contributed by atoms with Crippen LogP contribution in [-0.4, -0.2) is 10.9 Å². The van der Waals surface area contributed by atoms with Gasteiger partial charge in [0.25, 0.3) is 5.91 Å². The molecule has 0 atom stereocenters. The van der Waals surface area contributed by atoms with Crippen LogP contribution in [0.1, 0.15) is 21.5 Å². The van der Waals surface area contributed by atoms with E-state index in [0.717, 1.165) is 17.3 Å². The molecule has 92 valence electrons. The van der Waals surface area contributed by atoms with E-state index in [4.69, 9.17) is 0 Å². The molecule has 0 spiro atoms. The first-order valence-electron chi connectivity index (χ1n) is 5.56. The van der Waals surface area contributed by atoms with E-state index in [1.54, 1.807) is 6.07 Å². The number of aromatic nitrogens is 1. The molecule has 0 radical (unpaired) electrons. The summed E-state index contributed by atoms with van der Waals surface area (Å²) in [6.07, 6.45) is 2.42. The van der Waals surface area contributed by atoms with Gasteiger partial charge in [0.1, 0.15) is 0 Å². The predicted molar refractivity (Wildman–Crippen MR) is 68.1 cm³/mol. The number of aryl methyl sites for hydroxylation is 1. The highest BCUT2D eigenvalue weighted by atomic mass is 19.1. The summed E-state index contributed by atoms with van der Waals surface area (Å²) >= 11 is 0. The van der Waals surface area contributed by atoms with Gasteiger partial charge in [0.2, 0.25) is 0 Å². The quantitative estimate of drug-likeness (QED) is 0.882. The summed E-state index contributed by atoms with van der Waals surface area (Å²) < 4.78 is 13.4. The van der Waals surface area contributed by atoms with Crippen molar-refractivity contribution in [3.05, 3.63) is 59.2 Å². The lowest BCUT2D eigenvalue weighted by Gasteiger charge is -2.10. The first-order valence-corrected chi connectivity index (χ1v) is 5.56. The van der Waals surface area contributed by atoms with Crippen LogP contribution in [-0.2, 0) is 0 Å². The number of halogens is 1. The maximum atomic E-state index is 13.4. The first kappa shape index (κ1) is 12.2. The smallest absolute Gasteiger partial charge is 0.258 e. The van der Waals surface area contributed by atoms with Crippen LogP contribution in [0.25, 0.3) is 0 Å². The fraction of sp³-hybridized carbons (Fsp3) is 0.143. The van der Waals surface area contributed by atoms with Crippen molar-refractivity contribution in [1.29, 1.82) is 0 Å². The van der Waals surface area contributed by atoms with Crippen LogP contribution in [0.3, 0.4) is 0 Å². The van der Waals surface area contributed by atoms with Gasteiger partial charge in [0, 0.05) is 11.9 Å². The Morgan fingerprint density at radius 2 is 2.06 bits per heavy atom. The minimum absolute atomic E-state index is 0.00842. The highest BCUT2D eigenvalue weighted by Crippen LogP contribution is 2.19. The average Bonchev–Trinajstić information content (AvgIpc) is 2.35. The van der Waals surface area contributed by atoms with Gasteiger partial charge in [-0.25, -0.2) is 4.39 Å². The van der Waals surface area contributed by atoms with Crippen LogP contribution in [0.2, 0.25) is 0 Å². The summed E-state index contributed by atoms with van der Waals surface area (Å²) in [7, 11) is 0. The molecule has 0 fully saturated rings. The first-order chi connectivity index (χ1) is 8.59. The molecule has 0 aliphatic heterocycles. The van der Waals surface area contributed by atoms with Crippen molar-refractivity contribution in [2.75, 3.05) is 5.32 Å². The van der Waals surface area contributed by atoms with E-state index in [0.29, 0.717) is 5.69 Å².